The van der Waals surface area contributed by atoms with Gasteiger partial charge in [0, 0.05) is 16.5 Å². The Labute approximate surface area is 132 Å². The summed E-state index contributed by atoms with van der Waals surface area (Å²) in [5.41, 5.74) is 1.12. The van der Waals surface area contributed by atoms with Crippen LogP contribution in [-0.2, 0) is 0 Å². The van der Waals surface area contributed by atoms with Gasteiger partial charge in [0.1, 0.15) is 0 Å². The molecule has 1 unspecified atom stereocenters. The fourth-order valence-corrected chi connectivity index (χ4v) is 3.18. The summed E-state index contributed by atoms with van der Waals surface area (Å²) in [4.78, 5) is 0. The molecule has 1 aromatic rings. The molecule has 20 heavy (non-hydrogen) atoms. The van der Waals surface area contributed by atoms with E-state index in [4.69, 9.17) is 11.6 Å². The highest BCUT2D eigenvalue weighted by Crippen LogP contribution is 2.32. The summed E-state index contributed by atoms with van der Waals surface area (Å²) in [6.45, 7) is 14.2. The highest BCUT2D eigenvalue weighted by atomic mass is 35.5. The smallest absolute Gasteiger partial charge is 0.0834 e. The molecule has 0 bridgehead atoms. The number of halogens is 1. The highest BCUT2D eigenvalue weighted by Gasteiger charge is 2.23. The summed E-state index contributed by atoms with van der Waals surface area (Å²) < 4.78 is 2.29. The van der Waals surface area contributed by atoms with Gasteiger partial charge in [-0.15, -0.1) is 0 Å². The van der Waals surface area contributed by atoms with Gasteiger partial charge < -0.3 is 5.32 Å². The molecule has 0 aromatic carbocycles. The van der Waals surface area contributed by atoms with Crippen LogP contribution >= 0.6 is 23.4 Å². The molecule has 0 radical (unpaired) electrons. The van der Waals surface area contributed by atoms with E-state index in [9.17, 15) is 0 Å². The molecule has 0 spiro atoms. The van der Waals surface area contributed by atoms with Gasteiger partial charge >= 0.3 is 0 Å². The van der Waals surface area contributed by atoms with Gasteiger partial charge in [-0.3, -0.25) is 4.68 Å². The van der Waals surface area contributed by atoms with Crippen molar-refractivity contribution in [1.82, 2.24) is 15.1 Å². The van der Waals surface area contributed by atoms with Gasteiger partial charge in [-0.05, 0) is 26.8 Å². The first-order valence-electron chi connectivity index (χ1n) is 7.36. The molecule has 0 amide bonds. The molecule has 0 fully saturated rings. The summed E-state index contributed by atoms with van der Waals surface area (Å²) >= 11 is 8.34. The van der Waals surface area contributed by atoms with Crippen LogP contribution in [0.25, 0.3) is 0 Å². The lowest BCUT2D eigenvalue weighted by atomic mass is 10.2. The zero-order valence-corrected chi connectivity index (χ0v) is 15.1. The lowest BCUT2D eigenvalue weighted by Crippen LogP contribution is -2.29. The van der Waals surface area contributed by atoms with Gasteiger partial charge in [-0.25, -0.2) is 0 Å². The van der Waals surface area contributed by atoms with E-state index in [2.05, 4.69) is 52.0 Å². The Kier molecular flexibility index (Phi) is 6.89. The van der Waals surface area contributed by atoms with Crippen molar-refractivity contribution in [3.05, 3.63) is 16.9 Å². The first-order chi connectivity index (χ1) is 9.26. The second-order valence-electron chi connectivity index (χ2n) is 6.35. The predicted octanol–water partition coefficient (Wildman–Crippen LogP) is 4.69. The zero-order valence-electron chi connectivity index (χ0n) is 13.5. The molecule has 1 aromatic heterocycles. The van der Waals surface area contributed by atoms with Crippen LogP contribution in [0.3, 0.4) is 0 Å². The second-order valence-corrected chi connectivity index (χ2v) is 8.60. The number of rotatable bonds is 7. The number of thioether (sulfide) groups is 1. The van der Waals surface area contributed by atoms with Gasteiger partial charge in [0.15, 0.2) is 0 Å². The molecule has 1 heterocycles. The number of hydrogen-bond acceptors (Lipinski definition) is 3. The minimum absolute atomic E-state index is 0.247. The van der Waals surface area contributed by atoms with E-state index in [0.717, 1.165) is 29.4 Å². The first-order valence-corrected chi connectivity index (χ1v) is 8.72. The number of nitrogens with zero attached hydrogens (tertiary/aromatic N) is 2. The summed E-state index contributed by atoms with van der Waals surface area (Å²) in [6, 6.07) is 0.569. The molecule has 1 rings (SSSR count). The van der Waals surface area contributed by atoms with Crippen LogP contribution in [0.4, 0.5) is 0 Å². The predicted molar refractivity (Wildman–Crippen MR) is 90.9 cm³/mol. The Hall–Kier alpha value is -0.190. The summed E-state index contributed by atoms with van der Waals surface area (Å²) in [6.07, 6.45) is 2.88. The van der Waals surface area contributed by atoms with E-state index in [1.165, 1.54) is 0 Å². The molecule has 1 atom stereocenters. The lowest BCUT2D eigenvalue weighted by Gasteiger charge is -2.25. The van der Waals surface area contributed by atoms with Crippen molar-refractivity contribution in [1.29, 1.82) is 0 Å². The maximum absolute atomic E-state index is 6.38. The largest absolute Gasteiger partial charge is 0.308 e. The molecular weight excluding hydrogens is 290 g/mol. The Morgan fingerprint density at radius 2 is 2.05 bits per heavy atom. The number of hydrogen-bond donors (Lipinski definition) is 1. The quantitative estimate of drug-likeness (QED) is 0.791. The standard InChI is InChI=1S/C15H28ClN3S/c1-7-8-17-13(10-20-15(4,5)6)14-12(16)9-18-19(14)11(2)3/h9,11,13,17H,7-8,10H2,1-6H3. The molecule has 3 nitrogen and oxygen atoms in total. The van der Waals surface area contributed by atoms with E-state index >= 15 is 0 Å². The molecule has 5 heteroatoms. The van der Waals surface area contributed by atoms with Crippen LogP contribution < -0.4 is 5.32 Å². The van der Waals surface area contributed by atoms with Gasteiger partial charge in [0.25, 0.3) is 0 Å². The Morgan fingerprint density at radius 1 is 1.40 bits per heavy atom. The lowest BCUT2D eigenvalue weighted by molar-refractivity contribution is 0.462. The van der Waals surface area contributed by atoms with Gasteiger partial charge in [-0.2, -0.15) is 16.9 Å². The molecule has 0 saturated heterocycles. The SMILES string of the molecule is CCCNC(CSC(C)(C)C)c1c(Cl)cnn1C(C)C. The van der Waals surface area contributed by atoms with E-state index in [-0.39, 0.29) is 10.8 Å². The van der Waals surface area contributed by atoms with Crippen molar-refractivity contribution in [3.63, 3.8) is 0 Å². The van der Waals surface area contributed by atoms with E-state index in [1.54, 1.807) is 6.20 Å². The fourth-order valence-electron chi connectivity index (χ4n) is 1.97. The third kappa shape index (κ3) is 5.30. The maximum Gasteiger partial charge on any atom is 0.0834 e. The minimum atomic E-state index is 0.247. The Morgan fingerprint density at radius 3 is 2.55 bits per heavy atom. The van der Waals surface area contributed by atoms with E-state index in [0.29, 0.717) is 6.04 Å². The second kappa shape index (κ2) is 7.71. The Balaban J connectivity index is 2.94. The normalized spacial score (nSPS) is 14.0. The van der Waals surface area contributed by atoms with Crippen LogP contribution in [0, 0.1) is 0 Å². The molecule has 0 aliphatic heterocycles. The van der Waals surface area contributed by atoms with E-state index < -0.39 is 0 Å². The monoisotopic (exact) mass is 317 g/mol. The van der Waals surface area contributed by atoms with Crippen LogP contribution in [0.15, 0.2) is 6.20 Å². The summed E-state index contributed by atoms with van der Waals surface area (Å²) in [7, 11) is 0. The third-order valence-electron chi connectivity index (χ3n) is 2.93. The minimum Gasteiger partial charge on any atom is -0.308 e. The van der Waals surface area contributed by atoms with E-state index in [1.807, 2.05) is 16.4 Å². The fraction of sp³-hybridized carbons (Fsp3) is 0.800. The van der Waals surface area contributed by atoms with Crippen LogP contribution in [0.1, 0.15) is 65.7 Å². The average Bonchev–Trinajstić information content (AvgIpc) is 2.70. The maximum atomic E-state index is 6.38. The molecule has 0 saturated carbocycles. The zero-order chi connectivity index (χ0) is 15.3. The first kappa shape index (κ1) is 17.9. The van der Waals surface area contributed by atoms with Crippen molar-refractivity contribution in [2.75, 3.05) is 12.3 Å². The van der Waals surface area contributed by atoms with Crippen molar-refractivity contribution >= 4 is 23.4 Å². The van der Waals surface area contributed by atoms with Crippen LogP contribution in [-0.4, -0.2) is 26.8 Å². The third-order valence-corrected chi connectivity index (χ3v) is 4.59. The van der Waals surface area contributed by atoms with Crippen molar-refractivity contribution in [2.45, 2.75) is 64.8 Å². The van der Waals surface area contributed by atoms with Gasteiger partial charge in [-0.1, -0.05) is 39.3 Å². The van der Waals surface area contributed by atoms with Gasteiger partial charge in [0.05, 0.1) is 23.0 Å². The topological polar surface area (TPSA) is 29.9 Å². The molecule has 1 N–H and O–H groups in total. The number of nitrogens with one attached hydrogen (secondary N) is 1. The summed E-state index contributed by atoms with van der Waals surface area (Å²) in [5, 5.41) is 8.80. The van der Waals surface area contributed by atoms with Crippen LogP contribution in [0.5, 0.6) is 0 Å². The van der Waals surface area contributed by atoms with Crippen molar-refractivity contribution < 1.29 is 0 Å². The Bertz CT molecular complexity index is 410. The summed E-state index contributed by atoms with van der Waals surface area (Å²) in [5.74, 6) is 1.00. The van der Waals surface area contributed by atoms with Gasteiger partial charge in [0.2, 0.25) is 0 Å². The number of aromatic nitrogens is 2. The molecule has 0 aliphatic rings. The molecular formula is C15H28ClN3S. The van der Waals surface area contributed by atoms with Crippen LogP contribution in [0.2, 0.25) is 5.02 Å². The highest BCUT2D eigenvalue weighted by molar-refractivity contribution is 8.00. The molecule has 116 valence electrons. The molecule has 0 aliphatic carbocycles. The van der Waals surface area contributed by atoms with Crippen molar-refractivity contribution in [3.8, 4) is 0 Å². The average molecular weight is 318 g/mol. The van der Waals surface area contributed by atoms with Crippen molar-refractivity contribution in [2.24, 2.45) is 0 Å².